The first kappa shape index (κ1) is 19.4. The monoisotopic (exact) mass is 387 g/mol. The van der Waals surface area contributed by atoms with E-state index in [1.807, 2.05) is 34.5 Å². The topological polar surface area (TPSA) is 61.9 Å². The average molecular weight is 388 g/mol. The molecule has 1 saturated heterocycles. The molecule has 3 amide bonds. The van der Waals surface area contributed by atoms with Gasteiger partial charge in [-0.15, -0.1) is 11.3 Å². The fraction of sp³-hybridized carbons (Fsp3) is 0.400. The molecule has 1 aromatic heterocycles. The van der Waals surface area contributed by atoms with E-state index in [2.05, 4.69) is 18.3 Å². The Hall–Kier alpha value is -2.38. The fourth-order valence-corrected chi connectivity index (χ4v) is 3.84. The molecule has 2 heterocycles. The molecule has 0 bridgehead atoms. The van der Waals surface area contributed by atoms with Crippen LogP contribution in [0.4, 0.5) is 4.79 Å². The van der Waals surface area contributed by atoms with Gasteiger partial charge >= 0.3 is 6.03 Å². The molecule has 0 unspecified atom stereocenters. The standard InChI is InChI=1S/C20H25N3O3S/c1-15-7-12-27-18(15)14-22(2)20(25)21-13-16-3-5-17(6-4-16)19(24)23-8-10-26-11-9-23/h3-7,12H,8-11,13-14H2,1-2H3,(H,21,25). The van der Waals surface area contributed by atoms with Crippen molar-refractivity contribution >= 4 is 23.3 Å². The lowest BCUT2D eigenvalue weighted by Crippen LogP contribution is -2.40. The molecule has 0 spiro atoms. The number of ether oxygens (including phenoxy) is 1. The smallest absolute Gasteiger partial charge is 0.317 e. The van der Waals surface area contributed by atoms with Crippen molar-refractivity contribution in [3.63, 3.8) is 0 Å². The van der Waals surface area contributed by atoms with Crippen molar-refractivity contribution in [3.05, 3.63) is 57.3 Å². The number of nitrogens with zero attached hydrogens (tertiary/aromatic N) is 2. The fourth-order valence-electron chi connectivity index (χ4n) is 2.88. The van der Waals surface area contributed by atoms with Crippen LogP contribution in [0.25, 0.3) is 0 Å². The highest BCUT2D eigenvalue weighted by Gasteiger charge is 2.18. The van der Waals surface area contributed by atoms with E-state index in [9.17, 15) is 9.59 Å². The summed E-state index contributed by atoms with van der Waals surface area (Å²) in [5.41, 5.74) is 2.83. The molecule has 1 aromatic carbocycles. The van der Waals surface area contributed by atoms with Gasteiger partial charge in [0, 0.05) is 37.1 Å². The summed E-state index contributed by atoms with van der Waals surface area (Å²) < 4.78 is 5.28. The van der Waals surface area contributed by atoms with E-state index in [0.29, 0.717) is 45.0 Å². The zero-order valence-corrected chi connectivity index (χ0v) is 16.6. The number of nitrogens with one attached hydrogen (secondary N) is 1. The number of morpholine rings is 1. The molecule has 144 valence electrons. The first-order chi connectivity index (χ1) is 13.0. The average Bonchev–Trinajstić information content (AvgIpc) is 3.11. The molecule has 1 N–H and O–H groups in total. The summed E-state index contributed by atoms with van der Waals surface area (Å²) >= 11 is 1.66. The zero-order chi connectivity index (χ0) is 19.2. The van der Waals surface area contributed by atoms with Crippen LogP contribution in [-0.2, 0) is 17.8 Å². The molecule has 1 fully saturated rings. The first-order valence-electron chi connectivity index (χ1n) is 9.02. The van der Waals surface area contributed by atoms with Gasteiger partial charge in [-0.2, -0.15) is 0 Å². The number of benzene rings is 1. The molecule has 0 radical (unpaired) electrons. The maximum absolute atomic E-state index is 12.4. The predicted octanol–water partition coefficient (Wildman–Crippen LogP) is 2.87. The third-order valence-electron chi connectivity index (χ3n) is 4.64. The van der Waals surface area contributed by atoms with E-state index in [4.69, 9.17) is 4.74 Å². The highest BCUT2D eigenvalue weighted by atomic mass is 32.1. The minimum absolute atomic E-state index is 0.0277. The molecule has 0 saturated carbocycles. The Morgan fingerprint density at radius 2 is 1.89 bits per heavy atom. The summed E-state index contributed by atoms with van der Waals surface area (Å²) in [6.45, 7) is 5.53. The van der Waals surface area contributed by atoms with Crippen molar-refractivity contribution in [1.82, 2.24) is 15.1 Å². The van der Waals surface area contributed by atoms with Crippen LogP contribution in [-0.4, -0.2) is 55.1 Å². The van der Waals surface area contributed by atoms with Crippen molar-refractivity contribution in [2.75, 3.05) is 33.4 Å². The van der Waals surface area contributed by atoms with Crippen LogP contribution in [0.5, 0.6) is 0 Å². The molecule has 1 aliphatic rings. The molecular weight excluding hydrogens is 362 g/mol. The number of carbonyl (C=O) groups is 2. The summed E-state index contributed by atoms with van der Waals surface area (Å²) in [5.74, 6) is 0.0277. The Balaban J connectivity index is 1.50. The van der Waals surface area contributed by atoms with Crippen LogP contribution in [0.3, 0.4) is 0 Å². The number of aryl methyl sites for hydroxylation is 1. The molecule has 7 heteroatoms. The molecule has 0 aliphatic carbocycles. The summed E-state index contributed by atoms with van der Waals surface area (Å²) in [7, 11) is 1.79. The van der Waals surface area contributed by atoms with Gasteiger partial charge in [0.1, 0.15) is 0 Å². The molecule has 0 atom stereocenters. The summed E-state index contributed by atoms with van der Waals surface area (Å²) in [5, 5.41) is 4.96. The number of urea groups is 1. The lowest BCUT2D eigenvalue weighted by atomic mass is 10.1. The van der Waals surface area contributed by atoms with E-state index in [1.54, 1.807) is 23.3 Å². The normalized spacial score (nSPS) is 14.1. The van der Waals surface area contributed by atoms with Gasteiger partial charge < -0.3 is 19.9 Å². The second kappa shape index (κ2) is 9.01. The van der Waals surface area contributed by atoms with Gasteiger partial charge in [0.2, 0.25) is 0 Å². The van der Waals surface area contributed by atoms with E-state index in [-0.39, 0.29) is 11.9 Å². The first-order valence-corrected chi connectivity index (χ1v) is 9.90. The van der Waals surface area contributed by atoms with E-state index in [1.165, 1.54) is 10.4 Å². The highest BCUT2D eigenvalue weighted by Crippen LogP contribution is 2.17. The highest BCUT2D eigenvalue weighted by molar-refractivity contribution is 7.10. The van der Waals surface area contributed by atoms with Crippen LogP contribution in [0.2, 0.25) is 0 Å². The maximum Gasteiger partial charge on any atom is 0.317 e. The third-order valence-corrected chi connectivity index (χ3v) is 5.65. The molecular formula is C20H25N3O3S. The van der Waals surface area contributed by atoms with Crippen LogP contribution in [0.15, 0.2) is 35.7 Å². The number of hydrogen-bond acceptors (Lipinski definition) is 4. The van der Waals surface area contributed by atoms with Crippen LogP contribution in [0, 0.1) is 6.92 Å². The third kappa shape index (κ3) is 5.08. The molecule has 27 heavy (non-hydrogen) atoms. The lowest BCUT2D eigenvalue weighted by molar-refractivity contribution is 0.0303. The summed E-state index contributed by atoms with van der Waals surface area (Å²) in [6.07, 6.45) is 0. The number of amides is 3. The van der Waals surface area contributed by atoms with Crippen molar-refractivity contribution in [1.29, 1.82) is 0 Å². The Bertz CT molecular complexity index is 782. The van der Waals surface area contributed by atoms with Crippen molar-refractivity contribution in [2.24, 2.45) is 0 Å². The van der Waals surface area contributed by atoms with Gasteiger partial charge in [0.15, 0.2) is 0 Å². The minimum Gasteiger partial charge on any atom is -0.378 e. The van der Waals surface area contributed by atoms with Crippen molar-refractivity contribution in [3.8, 4) is 0 Å². The Labute approximate surface area is 163 Å². The molecule has 3 rings (SSSR count). The number of rotatable bonds is 5. The van der Waals surface area contributed by atoms with Crippen LogP contribution in [0.1, 0.15) is 26.4 Å². The zero-order valence-electron chi connectivity index (χ0n) is 15.7. The largest absolute Gasteiger partial charge is 0.378 e. The number of thiophene rings is 1. The summed E-state index contributed by atoms with van der Waals surface area (Å²) in [6, 6.07) is 9.35. The Morgan fingerprint density at radius 3 is 2.52 bits per heavy atom. The quantitative estimate of drug-likeness (QED) is 0.858. The van der Waals surface area contributed by atoms with E-state index in [0.717, 1.165) is 5.56 Å². The summed E-state index contributed by atoms with van der Waals surface area (Å²) in [4.78, 5) is 29.4. The minimum atomic E-state index is -0.115. The molecule has 1 aliphatic heterocycles. The van der Waals surface area contributed by atoms with Gasteiger partial charge in [0.05, 0.1) is 19.8 Å². The van der Waals surface area contributed by atoms with E-state index >= 15 is 0 Å². The predicted molar refractivity (Wildman–Crippen MR) is 106 cm³/mol. The van der Waals surface area contributed by atoms with Crippen LogP contribution >= 0.6 is 11.3 Å². The SMILES string of the molecule is Cc1ccsc1CN(C)C(=O)NCc1ccc(C(=O)N2CCOCC2)cc1. The van der Waals surface area contributed by atoms with Gasteiger partial charge in [-0.1, -0.05) is 12.1 Å². The lowest BCUT2D eigenvalue weighted by Gasteiger charge is -2.26. The Morgan fingerprint density at radius 1 is 1.19 bits per heavy atom. The van der Waals surface area contributed by atoms with Gasteiger partial charge in [-0.25, -0.2) is 4.79 Å². The Kier molecular flexibility index (Phi) is 6.47. The van der Waals surface area contributed by atoms with E-state index < -0.39 is 0 Å². The van der Waals surface area contributed by atoms with Gasteiger partial charge in [0.25, 0.3) is 5.91 Å². The van der Waals surface area contributed by atoms with Crippen molar-refractivity contribution in [2.45, 2.75) is 20.0 Å². The number of carbonyl (C=O) groups excluding carboxylic acids is 2. The van der Waals surface area contributed by atoms with Gasteiger partial charge in [-0.05, 0) is 41.6 Å². The van der Waals surface area contributed by atoms with Crippen molar-refractivity contribution < 1.29 is 14.3 Å². The van der Waals surface area contributed by atoms with Gasteiger partial charge in [-0.3, -0.25) is 4.79 Å². The molecule has 6 nitrogen and oxygen atoms in total. The maximum atomic E-state index is 12.4. The molecule has 2 aromatic rings. The second-order valence-electron chi connectivity index (χ2n) is 6.64. The second-order valence-corrected chi connectivity index (χ2v) is 7.64. The van der Waals surface area contributed by atoms with Crippen LogP contribution < -0.4 is 5.32 Å². The number of hydrogen-bond donors (Lipinski definition) is 1.